The number of aliphatic hydroxyl groups excluding tert-OH is 1. The summed E-state index contributed by atoms with van der Waals surface area (Å²) in [5, 5.41) is 23.3. The summed E-state index contributed by atoms with van der Waals surface area (Å²) in [5.41, 5.74) is -4.37. The molecule has 11 unspecified atom stereocenters. The Bertz CT molecular complexity index is 1410. The molecule has 336 valence electrons. The number of ketones is 1. The van der Waals surface area contributed by atoms with Crippen molar-refractivity contribution in [1.29, 1.82) is 0 Å². The number of hydrogen-bond donors (Lipinski definition) is 2. The zero-order valence-electron chi connectivity index (χ0n) is 37.6. The minimum atomic E-state index is -2.00. The van der Waals surface area contributed by atoms with Crippen molar-refractivity contribution in [2.75, 3.05) is 28.3 Å². The number of carbonyl (C=O) groups excluding carboxylic acids is 4. The van der Waals surface area contributed by atoms with Gasteiger partial charge in [-0.25, -0.2) is 0 Å². The molecule has 3 aliphatic rings. The van der Waals surface area contributed by atoms with E-state index in [1.54, 1.807) is 48.5 Å². The molecular weight excluding hydrogens is 758 g/mol. The van der Waals surface area contributed by atoms with Crippen LogP contribution in [0.25, 0.3) is 0 Å². The van der Waals surface area contributed by atoms with Gasteiger partial charge in [0.25, 0.3) is 0 Å². The monoisotopic (exact) mass is 831 g/mol. The summed E-state index contributed by atoms with van der Waals surface area (Å²) in [5.74, 6) is -5.76. The van der Waals surface area contributed by atoms with Crippen molar-refractivity contribution in [1.82, 2.24) is 4.90 Å². The number of methoxy groups -OCH3 is 2. The zero-order valence-corrected chi connectivity index (χ0v) is 37.6. The van der Waals surface area contributed by atoms with Gasteiger partial charge in [0.15, 0.2) is 24.8 Å². The van der Waals surface area contributed by atoms with Crippen LogP contribution < -0.4 is 0 Å². The van der Waals surface area contributed by atoms with Crippen LogP contribution in [0, 0.1) is 23.7 Å². The summed E-state index contributed by atoms with van der Waals surface area (Å²) in [6.45, 7) is 19.6. The average Bonchev–Trinajstić information content (AvgIpc) is 3.14. The summed E-state index contributed by atoms with van der Waals surface area (Å²) in [4.78, 5) is 55.1. The van der Waals surface area contributed by atoms with Crippen LogP contribution >= 0.6 is 0 Å². The predicted molar refractivity (Wildman–Crippen MR) is 210 cm³/mol. The van der Waals surface area contributed by atoms with Crippen LogP contribution in [0.1, 0.15) is 109 Å². The molecule has 0 radical (unpaired) electrons. The first-order chi connectivity index (χ1) is 26.8. The van der Waals surface area contributed by atoms with Gasteiger partial charge in [0, 0.05) is 52.2 Å². The minimum absolute atomic E-state index is 0.0691. The molecule has 3 rings (SSSR count). The molecule has 0 aliphatic carbocycles. The first kappa shape index (κ1) is 50.1. The smallest absolute Gasteiger partial charge is 0.311 e. The van der Waals surface area contributed by atoms with E-state index in [9.17, 15) is 29.4 Å². The second-order valence-corrected chi connectivity index (χ2v) is 17.8. The second kappa shape index (κ2) is 20.1. The molecule has 2 N–H and O–H groups in total. The third-order valence-corrected chi connectivity index (χ3v) is 12.8. The molecule has 3 saturated heterocycles. The highest BCUT2D eigenvalue weighted by Gasteiger charge is 2.55. The largest absolute Gasteiger partial charge is 0.459 e. The van der Waals surface area contributed by atoms with E-state index in [-0.39, 0.29) is 37.2 Å². The van der Waals surface area contributed by atoms with Crippen LogP contribution in [0.15, 0.2) is 0 Å². The summed E-state index contributed by atoms with van der Waals surface area (Å²) in [6, 6.07) is -0.295. The number of hydrogen-bond acceptors (Lipinski definition) is 16. The van der Waals surface area contributed by atoms with Crippen LogP contribution in [0.5, 0.6) is 0 Å². The lowest BCUT2D eigenvalue weighted by atomic mass is 9.74. The molecule has 3 heterocycles. The van der Waals surface area contributed by atoms with Crippen LogP contribution in [0.4, 0.5) is 0 Å². The fourth-order valence-corrected chi connectivity index (χ4v) is 9.27. The normalized spacial score (nSPS) is 44.9. The van der Waals surface area contributed by atoms with Crippen molar-refractivity contribution < 1.29 is 72.0 Å². The Kier molecular flexibility index (Phi) is 17.3. The van der Waals surface area contributed by atoms with Crippen molar-refractivity contribution in [2.24, 2.45) is 23.7 Å². The van der Waals surface area contributed by atoms with E-state index in [0.717, 1.165) is 0 Å². The van der Waals surface area contributed by atoms with Gasteiger partial charge in [0.05, 0.1) is 48.1 Å². The number of rotatable bonds is 10. The van der Waals surface area contributed by atoms with Gasteiger partial charge in [0.1, 0.15) is 23.1 Å². The highest BCUT2D eigenvalue weighted by molar-refractivity contribution is 5.83. The molecule has 0 aromatic carbocycles. The molecule has 18 atom stereocenters. The third kappa shape index (κ3) is 11.1. The fraction of sp³-hybridized carbons (Fsp3) is 0.905. The molecule has 58 heavy (non-hydrogen) atoms. The lowest BCUT2D eigenvalue weighted by molar-refractivity contribution is -0.320. The SMILES string of the molecule is CCC1OC(=O)C(C)[C@H](OC2CC(C)(OC)C(OC(C)=O)C(C)O2)C(C)[C@@H](OC2OC(C)CC(N(C)C)C2OC(C)=O)[C@@](C)(OC)C[C@@H](C)C(=O)[C@H](C)[C@@H](O)[C@]1(C)O. The van der Waals surface area contributed by atoms with E-state index in [4.69, 9.17) is 42.6 Å². The van der Waals surface area contributed by atoms with E-state index in [0.29, 0.717) is 6.42 Å². The Hall–Kier alpha value is -2.28. The maximum Gasteiger partial charge on any atom is 0.311 e. The van der Waals surface area contributed by atoms with Crippen LogP contribution in [-0.2, 0) is 61.8 Å². The Labute approximate surface area is 345 Å². The summed E-state index contributed by atoms with van der Waals surface area (Å²) in [7, 11) is 6.76. The summed E-state index contributed by atoms with van der Waals surface area (Å²) >= 11 is 0. The van der Waals surface area contributed by atoms with Crippen molar-refractivity contribution in [3.63, 3.8) is 0 Å². The quantitative estimate of drug-likeness (QED) is 0.239. The minimum Gasteiger partial charge on any atom is -0.459 e. The zero-order chi connectivity index (χ0) is 44.2. The van der Waals surface area contributed by atoms with Crippen molar-refractivity contribution in [3.05, 3.63) is 0 Å². The van der Waals surface area contributed by atoms with E-state index in [1.165, 1.54) is 35.0 Å². The first-order valence-corrected chi connectivity index (χ1v) is 20.7. The molecule has 3 fully saturated rings. The molecule has 0 aromatic rings. The van der Waals surface area contributed by atoms with Gasteiger partial charge in [-0.15, -0.1) is 0 Å². The molecule has 0 saturated carbocycles. The van der Waals surface area contributed by atoms with Gasteiger partial charge in [-0.2, -0.15) is 0 Å². The van der Waals surface area contributed by atoms with Gasteiger partial charge in [-0.05, 0) is 74.9 Å². The van der Waals surface area contributed by atoms with Gasteiger partial charge in [-0.3, -0.25) is 19.2 Å². The molecule has 0 amide bonds. The number of likely N-dealkylation sites (N-methyl/N-ethyl adjacent to an activating group) is 1. The lowest BCUT2D eigenvalue weighted by Crippen LogP contribution is -2.62. The van der Waals surface area contributed by atoms with Gasteiger partial charge in [0.2, 0.25) is 0 Å². The van der Waals surface area contributed by atoms with Gasteiger partial charge < -0.3 is 57.7 Å². The molecule has 0 spiro atoms. The van der Waals surface area contributed by atoms with Crippen molar-refractivity contribution >= 4 is 23.7 Å². The molecule has 3 aliphatic heterocycles. The topological polar surface area (TPSA) is 195 Å². The van der Waals surface area contributed by atoms with E-state index in [2.05, 4.69) is 0 Å². The Morgan fingerprint density at radius 2 is 1.40 bits per heavy atom. The number of ether oxygens (including phenoxy) is 9. The van der Waals surface area contributed by atoms with Gasteiger partial charge in [-0.1, -0.05) is 27.7 Å². The Morgan fingerprint density at radius 1 is 0.828 bits per heavy atom. The molecular formula is C42H73NO15. The number of nitrogens with zero attached hydrogens (tertiary/aromatic N) is 1. The highest BCUT2D eigenvalue weighted by atomic mass is 16.7. The van der Waals surface area contributed by atoms with E-state index in [1.807, 2.05) is 32.8 Å². The van der Waals surface area contributed by atoms with Crippen LogP contribution in [0.3, 0.4) is 0 Å². The van der Waals surface area contributed by atoms with E-state index < -0.39 is 114 Å². The van der Waals surface area contributed by atoms with Crippen LogP contribution in [-0.4, -0.2) is 151 Å². The molecule has 16 heteroatoms. The van der Waals surface area contributed by atoms with Gasteiger partial charge >= 0.3 is 17.9 Å². The number of carbonyl (C=O) groups is 4. The number of aliphatic hydroxyl groups is 2. The number of cyclic esters (lactones) is 1. The first-order valence-electron chi connectivity index (χ1n) is 20.7. The lowest BCUT2D eigenvalue weighted by Gasteiger charge is -2.50. The van der Waals surface area contributed by atoms with Crippen LogP contribution in [0.2, 0.25) is 0 Å². The summed E-state index contributed by atoms with van der Waals surface area (Å²) in [6.07, 6.45) is -8.86. The summed E-state index contributed by atoms with van der Waals surface area (Å²) < 4.78 is 56.4. The number of Topliss-reactive ketones (excluding diaryl/α,β-unsaturated/α-hetero) is 1. The molecule has 0 bridgehead atoms. The maximum absolute atomic E-state index is 14.4. The maximum atomic E-state index is 14.4. The molecule has 16 nitrogen and oxygen atoms in total. The van der Waals surface area contributed by atoms with Crippen molar-refractivity contribution in [3.8, 4) is 0 Å². The average molecular weight is 832 g/mol. The van der Waals surface area contributed by atoms with Crippen molar-refractivity contribution in [2.45, 2.75) is 193 Å². The Morgan fingerprint density at radius 3 is 1.91 bits per heavy atom. The highest BCUT2D eigenvalue weighted by Crippen LogP contribution is 2.42. The van der Waals surface area contributed by atoms with E-state index >= 15 is 0 Å². The third-order valence-electron chi connectivity index (χ3n) is 12.8. The molecule has 0 aromatic heterocycles. The predicted octanol–water partition coefficient (Wildman–Crippen LogP) is 3.58. The number of esters is 3. The second-order valence-electron chi connectivity index (χ2n) is 17.8. The standard InChI is InChI=1S/C42H73NO15/c1-17-30-42(12,49)35(47)23(4)32(46)21(2)19-40(10,50-15)36(58-39-34(54-27(8)44)29(43(13)14)18-22(3)52-39)24(5)33(25(6)38(48)56-30)57-31-20-41(11,51-16)37(26(7)53-31)55-28(9)45/h21-26,29-31,33-37,39,47,49H,17-20H2,1-16H3/t21-,22?,23+,24?,25?,26?,29?,30?,31?,33-,34?,35-,36-,37?,39?,40+,41?,42-/m1/s1. The Balaban J connectivity index is 2.28. The fourth-order valence-electron chi connectivity index (χ4n) is 9.27.